The van der Waals surface area contributed by atoms with E-state index in [1.165, 1.54) is 16.2 Å². The van der Waals surface area contributed by atoms with Crippen molar-refractivity contribution in [2.45, 2.75) is 32.4 Å². The Hall–Kier alpha value is -1.51. The fourth-order valence-electron chi connectivity index (χ4n) is 2.28. The van der Waals surface area contributed by atoms with Crippen molar-refractivity contribution >= 4 is 23.2 Å². The van der Waals surface area contributed by atoms with E-state index in [1.54, 1.807) is 0 Å². The predicted molar refractivity (Wildman–Crippen MR) is 79.8 cm³/mol. The number of amides is 1. The second-order valence-corrected chi connectivity index (χ2v) is 5.86. The number of nitrogens with zero attached hydrogens (tertiary/aromatic N) is 2. The van der Waals surface area contributed by atoms with Gasteiger partial charge in [0.15, 0.2) is 6.04 Å². The van der Waals surface area contributed by atoms with Gasteiger partial charge in [0, 0.05) is 18.5 Å². The number of aromatic nitrogens is 1. The van der Waals surface area contributed by atoms with Crippen LogP contribution in [0.4, 0.5) is 0 Å². The van der Waals surface area contributed by atoms with E-state index in [2.05, 4.69) is 4.98 Å². The highest BCUT2D eigenvalue weighted by molar-refractivity contribution is 7.09. The smallest absolute Gasteiger partial charge is 0.328 e. The van der Waals surface area contributed by atoms with E-state index in [4.69, 9.17) is 14.6 Å². The third-order valence-electron chi connectivity index (χ3n) is 3.40. The Morgan fingerprint density at radius 3 is 3.09 bits per heavy atom. The molecular weight excluding hydrogens is 308 g/mol. The van der Waals surface area contributed by atoms with Crippen molar-refractivity contribution in [3.05, 3.63) is 16.1 Å². The van der Waals surface area contributed by atoms with Crippen LogP contribution in [0.5, 0.6) is 0 Å². The second kappa shape index (κ2) is 7.66. The Balaban J connectivity index is 2.00. The molecule has 0 unspecified atom stereocenters. The summed E-state index contributed by atoms with van der Waals surface area (Å²) >= 11 is 1.45. The molecule has 8 heteroatoms. The number of carboxylic acid groups (broad SMARTS) is 1. The molecule has 1 aliphatic rings. The third kappa shape index (κ3) is 4.02. The van der Waals surface area contributed by atoms with Crippen LogP contribution in [-0.4, -0.2) is 59.3 Å². The number of hydrogen-bond acceptors (Lipinski definition) is 6. The zero-order valence-corrected chi connectivity index (χ0v) is 13.5. The van der Waals surface area contributed by atoms with Crippen LogP contribution in [0.15, 0.2) is 5.38 Å². The molecule has 22 heavy (non-hydrogen) atoms. The Morgan fingerprint density at radius 1 is 1.64 bits per heavy atom. The molecule has 2 atom stereocenters. The monoisotopic (exact) mass is 328 g/mol. The van der Waals surface area contributed by atoms with Crippen molar-refractivity contribution in [2.24, 2.45) is 0 Å². The van der Waals surface area contributed by atoms with Crippen LogP contribution in [0.1, 0.15) is 30.7 Å². The van der Waals surface area contributed by atoms with E-state index >= 15 is 0 Å². The number of carbonyl (C=O) groups is 2. The molecule has 1 amide bonds. The van der Waals surface area contributed by atoms with Crippen LogP contribution < -0.4 is 0 Å². The molecule has 1 aliphatic heterocycles. The summed E-state index contributed by atoms with van der Waals surface area (Å²) < 4.78 is 10.6. The normalized spacial score (nSPS) is 19.9. The number of ether oxygens (including phenoxy) is 2. The van der Waals surface area contributed by atoms with Gasteiger partial charge in [-0.25, -0.2) is 9.78 Å². The number of rotatable bonds is 6. The predicted octanol–water partition coefficient (Wildman–Crippen LogP) is 1.10. The lowest BCUT2D eigenvalue weighted by Crippen LogP contribution is -2.53. The van der Waals surface area contributed by atoms with Crippen molar-refractivity contribution in [1.82, 2.24) is 9.88 Å². The lowest BCUT2D eigenvalue weighted by Gasteiger charge is -2.32. The van der Waals surface area contributed by atoms with Gasteiger partial charge in [-0.2, -0.15) is 0 Å². The highest BCUT2D eigenvalue weighted by Gasteiger charge is 2.32. The number of morpholine rings is 1. The van der Waals surface area contributed by atoms with Gasteiger partial charge < -0.3 is 19.5 Å². The van der Waals surface area contributed by atoms with Crippen LogP contribution in [0.25, 0.3) is 0 Å². The molecule has 1 N–H and O–H groups in total. The molecule has 1 aromatic rings. The molecule has 122 valence electrons. The second-order valence-electron chi connectivity index (χ2n) is 4.97. The summed E-state index contributed by atoms with van der Waals surface area (Å²) in [4.78, 5) is 29.3. The van der Waals surface area contributed by atoms with Gasteiger partial charge in [-0.1, -0.05) is 0 Å². The van der Waals surface area contributed by atoms with E-state index in [9.17, 15) is 9.59 Å². The number of thiazole rings is 1. The number of carbonyl (C=O) groups excluding carboxylic acids is 1. The lowest BCUT2D eigenvalue weighted by atomic mass is 10.2. The zero-order chi connectivity index (χ0) is 16.1. The van der Waals surface area contributed by atoms with Gasteiger partial charge in [0.05, 0.1) is 25.3 Å². The van der Waals surface area contributed by atoms with E-state index in [0.29, 0.717) is 25.5 Å². The van der Waals surface area contributed by atoms with Crippen molar-refractivity contribution in [1.29, 1.82) is 0 Å². The maximum absolute atomic E-state index is 12.3. The van der Waals surface area contributed by atoms with Gasteiger partial charge in [-0.3, -0.25) is 4.79 Å². The molecule has 0 saturated carbocycles. The molecule has 0 radical (unpaired) electrons. The minimum atomic E-state index is -1.04. The molecule has 0 aliphatic carbocycles. The largest absolute Gasteiger partial charge is 0.480 e. The highest BCUT2D eigenvalue weighted by atomic mass is 32.1. The molecule has 2 rings (SSSR count). The van der Waals surface area contributed by atoms with Crippen LogP contribution >= 0.6 is 11.3 Å². The Kier molecular flexibility index (Phi) is 5.87. The van der Waals surface area contributed by atoms with Gasteiger partial charge >= 0.3 is 5.97 Å². The van der Waals surface area contributed by atoms with Crippen molar-refractivity contribution < 1.29 is 24.2 Å². The average Bonchev–Trinajstić information content (AvgIpc) is 2.96. The number of aliphatic carboxylic acids is 1. The summed E-state index contributed by atoms with van der Waals surface area (Å²) in [6, 6.07) is -0.915. The molecule has 0 spiro atoms. The molecule has 0 aromatic carbocycles. The molecule has 1 fully saturated rings. The summed E-state index contributed by atoms with van der Waals surface area (Å²) in [5.74, 6) is -1.28. The first-order chi connectivity index (χ1) is 10.5. The van der Waals surface area contributed by atoms with Gasteiger partial charge in [0.1, 0.15) is 11.1 Å². The average molecular weight is 328 g/mol. The van der Waals surface area contributed by atoms with E-state index in [1.807, 2.05) is 19.2 Å². The molecule has 1 aromatic heterocycles. The van der Waals surface area contributed by atoms with Crippen LogP contribution in [-0.2, 0) is 25.5 Å². The minimum absolute atomic E-state index is 0.0325. The number of hydrogen-bond donors (Lipinski definition) is 1. The summed E-state index contributed by atoms with van der Waals surface area (Å²) in [7, 11) is 0. The summed E-state index contributed by atoms with van der Waals surface area (Å²) in [5, 5.41) is 11.8. The Labute approximate surface area is 132 Å². The number of carboxylic acids is 1. The summed E-state index contributed by atoms with van der Waals surface area (Å²) in [5.41, 5.74) is 0.646. The van der Waals surface area contributed by atoms with E-state index < -0.39 is 12.0 Å². The first-order valence-corrected chi connectivity index (χ1v) is 8.06. The molecular formula is C14H20N2O5S. The topological polar surface area (TPSA) is 89.0 Å². The fraction of sp³-hybridized carbons (Fsp3) is 0.643. The Morgan fingerprint density at radius 2 is 2.41 bits per heavy atom. The van der Waals surface area contributed by atoms with Crippen molar-refractivity contribution in [3.63, 3.8) is 0 Å². The first-order valence-electron chi connectivity index (χ1n) is 7.18. The van der Waals surface area contributed by atoms with Gasteiger partial charge in [-0.05, 0) is 13.8 Å². The van der Waals surface area contributed by atoms with Gasteiger partial charge in [0.25, 0.3) is 0 Å². The molecule has 7 nitrogen and oxygen atoms in total. The summed E-state index contributed by atoms with van der Waals surface area (Å²) in [6.07, 6.45) is -0.00642. The van der Waals surface area contributed by atoms with Gasteiger partial charge in [-0.15, -0.1) is 11.3 Å². The zero-order valence-electron chi connectivity index (χ0n) is 12.7. The standard InChI is InChI=1S/C14H20N2O5S/c1-3-21-9(2)13-15-10(8-22-13)6-12(17)16-4-5-20-7-11(16)14(18)19/h8-9,11H,3-7H2,1-2H3,(H,18,19)/t9-,11-/m1/s1. The minimum Gasteiger partial charge on any atom is -0.480 e. The van der Waals surface area contributed by atoms with E-state index in [-0.39, 0.29) is 25.0 Å². The maximum atomic E-state index is 12.3. The molecule has 0 bridgehead atoms. The lowest BCUT2D eigenvalue weighted by molar-refractivity contribution is -0.158. The van der Waals surface area contributed by atoms with Gasteiger partial charge in [0.2, 0.25) is 5.91 Å². The SMILES string of the molecule is CCO[C@H](C)c1nc(CC(=O)N2CCOC[C@@H]2C(=O)O)cs1. The van der Waals surface area contributed by atoms with Crippen molar-refractivity contribution in [3.8, 4) is 0 Å². The summed E-state index contributed by atoms with van der Waals surface area (Å²) in [6.45, 7) is 5.12. The van der Waals surface area contributed by atoms with Crippen LogP contribution in [0.3, 0.4) is 0 Å². The van der Waals surface area contributed by atoms with Crippen LogP contribution in [0.2, 0.25) is 0 Å². The maximum Gasteiger partial charge on any atom is 0.328 e. The quantitative estimate of drug-likeness (QED) is 0.841. The first kappa shape index (κ1) is 16.9. The molecule has 1 saturated heterocycles. The van der Waals surface area contributed by atoms with Crippen molar-refractivity contribution in [2.75, 3.05) is 26.4 Å². The Bertz CT molecular complexity index is 533. The van der Waals surface area contributed by atoms with E-state index in [0.717, 1.165) is 5.01 Å². The molecule has 2 heterocycles. The fourth-order valence-corrected chi connectivity index (χ4v) is 3.10. The third-order valence-corrected chi connectivity index (χ3v) is 4.45. The highest BCUT2D eigenvalue weighted by Crippen LogP contribution is 2.22. The van der Waals surface area contributed by atoms with Crippen LogP contribution in [0, 0.1) is 0 Å².